The minimum absolute atomic E-state index is 0.0343. The van der Waals surface area contributed by atoms with Gasteiger partial charge in [0.05, 0.1) is 5.54 Å². The van der Waals surface area contributed by atoms with Crippen LogP contribution in [0.25, 0.3) is 0 Å². The third kappa shape index (κ3) is 3.18. The third-order valence-electron chi connectivity index (χ3n) is 3.63. The van der Waals surface area contributed by atoms with Gasteiger partial charge in [-0.05, 0) is 51.2 Å². The molecule has 0 N–H and O–H groups in total. The van der Waals surface area contributed by atoms with Crippen LogP contribution < -0.4 is 0 Å². The van der Waals surface area contributed by atoms with E-state index in [0.29, 0.717) is 12.0 Å². The summed E-state index contributed by atoms with van der Waals surface area (Å²) in [5.74, 6) is -0.296. The Balaban J connectivity index is 2.97. The fourth-order valence-corrected chi connectivity index (χ4v) is 2.21. The molecule has 0 aromatic heterocycles. The van der Waals surface area contributed by atoms with Crippen molar-refractivity contribution in [3.8, 4) is 0 Å². The summed E-state index contributed by atoms with van der Waals surface area (Å²) in [6.07, 6.45) is 0.822. The zero-order valence-electron chi connectivity index (χ0n) is 11.3. The van der Waals surface area contributed by atoms with Crippen LogP contribution in [0.1, 0.15) is 25.8 Å². The van der Waals surface area contributed by atoms with Gasteiger partial charge in [0, 0.05) is 10.9 Å². The highest BCUT2D eigenvalue weighted by Gasteiger charge is 2.33. The fraction of sp³-hybridized carbons (Fsp3) is 0.500. The molecule has 1 aromatic rings. The van der Waals surface area contributed by atoms with Crippen LogP contribution in [0.4, 0.5) is 4.39 Å². The number of ketones is 1. The molecule has 0 bridgehead atoms. The van der Waals surface area contributed by atoms with Gasteiger partial charge in [-0.3, -0.25) is 9.69 Å². The Kier molecular flexibility index (Phi) is 5.05. The maximum atomic E-state index is 13.6. The quantitative estimate of drug-likeness (QED) is 0.829. The van der Waals surface area contributed by atoms with Gasteiger partial charge in [-0.2, -0.15) is 0 Å². The third-order valence-corrected chi connectivity index (χ3v) is 4.13. The van der Waals surface area contributed by atoms with Crippen LogP contribution in [0.3, 0.4) is 0 Å². The van der Waals surface area contributed by atoms with Gasteiger partial charge in [0.25, 0.3) is 0 Å². The molecule has 1 aromatic carbocycles. The lowest BCUT2D eigenvalue weighted by atomic mass is 9.88. The van der Waals surface area contributed by atoms with Crippen molar-refractivity contribution in [3.05, 3.63) is 34.1 Å². The van der Waals surface area contributed by atoms with Crippen molar-refractivity contribution < 1.29 is 9.18 Å². The zero-order chi connectivity index (χ0) is 13.9. The van der Waals surface area contributed by atoms with Crippen LogP contribution >= 0.6 is 15.9 Å². The summed E-state index contributed by atoms with van der Waals surface area (Å²) in [6.45, 7) is 3.86. The molecule has 1 unspecified atom stereocenters. The molecule has 18 heavy (non-hydrogen) atoms. The Hall–Kier alpha value is -0.740. The van der Waals surface area contributed by atoms with Crippen molar-refractivity contribution in [3.63, 3.8) is 0 Å². The highest BCUT2D eigenvalue weighted by atomic mass is 79.9. The van der Waals surface area contributed by atoms with Crippen LogP contribution in [0.2, 0.25) is 0 Å². The molecule has 2 nitrogen and oxygen atoms in total. The smallest absolute Gasteiger partial charge is 0.157 e. The Morgan fingerprint density at radius 3 is 2.56 bits per heavy atom. The van der Waals surface area contributed by atoms with E-state index in [1.165, 1.54) is 6.07 Å². The lowest BCUT2D eigenvalue weighted by Crippen LogP contribution is -2.48. The maximum Gasteiger partial charge on any atom is 0.157 e. The van der Waals surface area contributed by atoms with E-state index in [1.807, 2.05) is 32.8 Å². The van der Waals surface area contributed by atoms with Crippen LogP contribution in [0, 0.1) is 5.82 Å². The van der Waals surface area contributed by atoms with Crippen molar-refractivity contribution in [1.29, 1.82) is 0 Å². The second-order valence-electron chi connectivity index (χ2n) is 4.86. The summed E-state index contributed by atoms with van der Waals surface area (Å²) >= 11 is 3.29. The Bertz CT molecular complexity index is 447. The number of rotatable bonds is 5. The molecule has 0 spiro atoms. The van der Waals surface area contributed by atoms with E-state index in [9.17, 15) is 9.18 Å². The summed E-state index contributed by atoms with van der Waals surface area (Å²) in [5.41, 5.74) is -0.106. The van der Waals surface area contributed by atoms with Crippen LogP contribution in [0.5, 0.6) is 0 Å². The number of hydrogen-bond donors (Lipinski definition) is 0. The average Bonchev–Trinajstić information content (AvgIpc) is 2.32. The highest BCUT2D eigenvalue weighted by molar-refractivity contribution is 9.10. The summed E-state index contributed by atoms with van der Waals surface area (Å²) in [5, 5.41) is 0. The van der Waals surface area contributed by atoms with E-state index in [-0.39, 0.29) is 18.0 Å². The zero-order valence-corrected chi connectivity index (χ0v) is 12.8. The van der Waals surface area contributed by atoms with Gasteiger partial charge >= 0.3 is 0 Å². The molecule has 0 heterocycles. The van der Waals surface area contributed by atoms with Crippen molar-refractivity contribution in [2.45, 2.75) is 32.2 Å². The van der Waals surface area contributed by atoms with E-state index in [4.69, 9.17) is 0 Å². The normalized spacial score (nSPS) is 14.6. The molecule has 0 saturated heterocycles. The minimum Gasteiger partial charge on any atom is -0.297 e. The van der Waals surface area contributed by atoms with Gasteiger partial charge in [-0.1, -0.05) is 22.9 Å². The van der Waals surface area contributed by atoms with E-state index >= 15 is 0 Å². The predicted octanol–water partition coefficient (Wildman–Crippen LogP) is 3.43. The largest absolute Gasteiger partial charge is 0.297 e. The molecule has 0 aliphatic heterocycles. The van der Waals surface area contributed by atoms with Crippen LogP contribution in [-0.4, -0.2) is 30.3 Å². The molecule has 100 valence electrons. The Morgan fingerprint density at radius 2 is 2.06 bits per heavy atom. The highest BCUT2D eigenvalue weighted by Crippen LogP contribution is 2.22. The van der Waals surface area contributed by atoms with Gasteiger partial charge in [-0.25, -0.2) is 4.39 Å². The molecule has 1 rings (SSSR count). The number of halogens is 2. The molecule has 4 heteroatoms. The average molecular weight is 316 g/mol. The molecule has 0 saturated carbocycles. The number of carbonyl (C=O) groups excluding carboxylic acids is 1. The Morgan fingerprint density at radius 1 is 1.44 bits per heavy atom. The number of nitrogens with zero attached hydrogens (tertiary/aromatic N) is 1. The second kappa shape index (κ2) is 5.93. The topological polar surface area (TPSA) is 20.3 Å². The molecule has 0 aliphatic rings. The summed E-state index contributed by atoms with van der Waals surface area (Å²) < 4.78 is 14.4. The lowest BCUT2D eigenvalue weighted by molar-refractivity contribution is -0.128. The Labute approximate surface area is 116 Å². The molecule has 0 radical (unpaired) electrons. The monoisotopic (exact) mass is 315 g/mol. The number of benzene rings is 1. The predicted molar refractivity (Wildman–Crippen MR) is 75.2 cm³/mol. The first kappa shape index (κ1) is 15.3. The number of Topliss-reactive ketones (excluding diaryl/α,β-unsaturated/α-hetero) is 1. The maximum absolute atomic E-state index is 13.6. The van der Waals surface area contributed by atoms with Crippen molar-refractivity contribution >= 4 is 21.7 Å². The van der Waals surface area contributed by atoms with Crippen LogP contribution in [0.15, 0.2) is 22.7 Å². The molecular weight excluding hydrogens is 297 g/mol. The minimum atomic E-state index is -0.547. The van der Waals surface area contributed by atoms with E-state index in [1.54, 1.807) is 12.1 Å². The summed E-state index contributed by atoms with van der Waals surface area (Å²) in [4.78, 5) is 14.2. The van der Waals surface area contributed by atoms with Gasteiger partial charge in [0.2, 0.25) is 0 Å². The first-order valence-electron chi connectivity index (χ1n) is 5.96. The standard InChI is InChI=1S/C14H19BrFNO/c1-5-14(2,17(3)4)13(18)9-10-8-11(15)6-7-12(10)16/h6-8H,5,9H2,1-4H3. The molecule has 0 aliphatic carbocycles. The molecular formula is C14H19BrFNO. The van der Waals surface area contributed by atoms with Gasteiger partial charge in [-0.15, -0.1) is 0 Å². The number of carbonyl (C=O) groups is 1. The molecule has 0 fully saturated rings. The van der Waals surface area contributed by atoms with Crippen molar-refractivity contribution in [2.24, 2.45) is 0 Å². The summed E-state index contributed by atoms with van der Waals surface area (Å²) in [7, 11) is 3.75. The van der Waals surface area contributed by atoms with Gasteiger partial charge < -0.3 is 0 Å². The number of hydrogen-bond acceptors (Lipinski definition) is 2. The van der Waals surface area contributed by atoms with Gasteiger partial charge in [0.15, 0.2) is 5.78 Å². The van der Waals surface area contributed by atoms with Crippen molar-refractivity contribution in [2.75, 3.05) is 14.1 Å². The van der Waals surface area contributed by atoms with E-state index in [2.05, 4.69) is 15.9 Å². The van der Waals surface area contributed by atoms with Crippen LogP contribution in [-0.2, 0) is 11.2 Å². The molecule has 0 amide bonds. The van der Waals surface area contributed by atoms with Gasteiger partial charge in [0.1, 0.15) is 5.82 Å². The van der Waals surface area contributed by atoms with E-state index < -0.39 is 5.54 Å². The summed E-state index contributed by atoms with van der Waals surface area (Å²) in [6, 6.07) is 4.68. The first-order valence-corrected chi connectivity index (χ1v) is 6.75. The fourth-order valence-electron chi connectivity index (χ4n) is 1.80. The van der Waals surface area contributed by atoms with E-state index in [0.717, 1.165) is 4.47 Å². The lowest BCUT2D eigenvalue weighted by Gasteiger charge is -2.34. The van der Waals surface area contributed by atoms with Crippen molar-refractivity contribution in [1.82, 2.24) is 4.90 Å². The molecule has 1 atom stereocenters. The number of likely N-dealkylation sites (N-methyl/N-ethyl adjacent to an activating group) is 1. The second-order valence-corrected chi connectivity index (χ2v) is 5.77. The first-order chi connectivity index (χ1) is 8.31. The SMILES string of the molecule is CCC(C)(C(=O)Cc1cc(Br)ccc1F)N(C)C.